The van der Waals surface area contributed by atoms with Crippen LogP contribution in [0.2, 0.25) is 0 Å². The third-order valence-corrected chi connectivity index (χ3v) is 6.00. The van der Waals surface area contributed by atoms with Gasteiger partial charge in [0, 0.05) is 23.4 Å². The lowest BCUT2D eigenvalue weighted by atomic mass is 10.1. The molecule has 0 saturated carbocycles. The number of phosphoric ester groups is 1. The number of carbonyl (C=O) groups excluding carboxylic acids is 1. The number of amides is 1. The van der Waals surface area contributed by atoms with E-state index in [-0.39, 0.29) is 29.2 Å². The molecule has 0 radical (unpaired) electrons. The number of ether oxygens (including phenoxy) is 3. The van der Waals surface area contributed by atoms with Crippen molar-refractivity contribution in [1.29, 1.82) is 0 Å². The van der Waals surface area contributed by atoms with Gasteiger partial charge < -0.3 is 43.7 Å². The Bertz CT molecular complexity index is 1440. The third kappa shape index (κ3) is 6.17. The minimum atomic E-state index is -5.40. The Labute approximate surface area is 222 Å². The quantitative estimate of drug-likeness (QED) is 0.362. The molecule has 1 aliphatic rings. The van der Waals surface area contributed by atoms with Crippen LogP contribution in [0.4, 0.5) is 33.5 Å². The summed E-state index contributed by atoms with van der Waals surface area (Å²) in [6.07, 6.45) is 0.939. The lowest BCUT2D eigenvalue weighted by Crippen LogP contribution is -2.53. The number of anilines is 5. The van der Waals surface area contributed by atoms with Crippen LogP contribution in [0.25, 0.3) is 0 Å². The monoisotopic (exact) mass is 562 g/mol. The van der Waals surface area contributed by atoms with E-state index in [0.717, 1.165) is 16.7 Å². The number of nitrogens with one attached hydrogen (secondary N) is 2. The summed E-state index contributed by atoms with van der Waals surface area (Å²) in [5.74, 6) is -0.684. The first-order valence-electron chi connectivity index (χ1n) is 11.3. The predicted octanol–water partition coefficient (Wildman–Crippen LogP) is 2.13. The molecule has 3 heterocycles. The van der Waals surface area contributed by atoms with Crippen LogP contribution in [-0.4, -0.2) is 47.4 Å². The van der Waals surface area contributed by atoms with E-state index >= 15 is 0 Å². The standard InChI is InChI=1S/C23H26FN6O8P/c1-12-16(35-4)8-13(9-17(12)36-5)26-22-25-10-14(24)19(29-22)27-18-7-6-15-20(28-18)30(11-37-39(32,33)34)21(31)23(2,3)38-15/h6-10H,11H2,1-5H3,(H2,32,33,34)(H2,25,26,27,28,29)/p-2. The predicted molar refractivity (Wildman–Crippen MR) is 133 cm³/mol. The van der Waals surface area contributed by atoms with Crippen molar-refractivity contribution < 1.29 is 42.3 Å². The average molecular weight is 562 g/mol. The molecule has 0 atom stereocenters. The molecule has 39 heavy (non-hydrogen) atoms. The van der Waals surface area contributed by atoms with Gasteiger partial charge in [-0.25, -0.2) is 14.4 Å². The summed E-state index contributed by atoms with van der Waals surface area (Å²) in [5.41, 5.74) is -0.101. The molecule has 1 amide bonds. The molecule has 0 spiro atoms. The highest BCUT2D eigenvalue weighted by molar-refractivity contribution is 7.43. The summed E-state index contributed by atoms with van der Waals surface area (Å²) in [7, 11) is -2.37. The molecule has 3 aromatic rings. The molecule has 2 aromatic heterocycles. The number of rotatable bonds is 9. The number of hydrogen-bond acceptors (Lipinski definition) is 13. The second-order valence-electron chi connectivity index (χ2n) is 8.72. The van der Waals surface area contributed by atoms with Crippen LogP contribution < -0.4 is 39.5 Å². The molecule has 4 rings (SSSR count). The van der Waals surface area contributed by atoms with Gasteiger partial charge in [0.1, 0.15) is 24.0 Å². The van der Waals surface area contributed by atoms with Crippen LogP contribution in [0.1, 0.15) is 19.4 Å². The number of pyridine rings is 1. The summed E-state index contributed by atoms with van der Waals surface area (Å²) in [6, 6.07) is 6.25. The molecule has 14 nitrogen and oxygen atoms in total. The van der Waals surface area contributed by atoms with E-state index in [4.69, 9.17) is 14.2 Å². The molecular weight excluding hydrogens is 538 g/mol. The van der Waals surface area contributed by atoms with Gasteiger partial charge in [0.05, 0.1) is 28.2 Å². The van der Waals surface area contributed by atoms with Gasteiger partial charge in [-0.2, -0.15) is 4.98 Å². The third-order valence-electron chi connectivity index (χ3n) is 5.56. The second-order valence-corrected chi connectivity index (χ2v) is 9.87. The number of hydrogen-bond donors (Lipinski definition) is 2. The molecule has 16 heteroatoms. The van der Waals surface area contributed by atoms with Gasteiger partial charge in [-0.3, -0.25) is 9.69 Å². The van der Waals surface area contributed by atoms with E-state index < -0.39 is 31.9 Å². The van der Waals surface area contributed by atoms with Gasteiger partial charge in [0.15, 0.2) is 28.8 Å². The van der Waals surface area contributed by atoms with Crippen molar-refractivity contribution in [2.24, 2.45) is 0 Å². The topological polar surface area (TPSA) is 183 Å². The first-order valence-corrected chi connectivity index (χ1v) is 12.7. The SMILES string of the molecule is COc1cc(Nc2ncc(F)c(Nc3ccc4c(n3)N(COP(=O)([O-])[O-])C(=O)C(C)(C)O4)n2)cc(OC)c1C. The number of methoxy groups -OCH3 is 2. The van der Waals surface area contributed by atoms with Crippen molar-refractivity contribution in [3.05, 3.63) is 41.8 Å². The number of benzene rings is 1. The highest BCUT2D eigenvalue weighted by atomic mass is 31.2. The van der Waals surface area contributed by atoms with Crippen molar-refractivity contribution >= 4 is 42.8 Å². The molecule has 0 unspecified atom stereocenters. The summed E-state index contributed by atoms with van der Waals surface area (Å²) < 4.78 is 46.3. The summed E-state index contributed by atoms with van der Waals surface area (Å²) in [4.78, 5) is 48.1. The smallest absolute Gasteiger partial charge is 0.273 e. The summed E-state index contributed by atoms with van der Waals surface area (Å²) in [6.45, 7) is 3.82. The van der Waals surface area contributed by atoms with Crippen molar-refractivity contribution in [2.45, 2.75) is 26.4 Å². The Hall–Kier alpha value is -4.04. The normalized spacial score (nSPS) is 14.4. The molecule has 0 aliphatic carbocycles. The zero-order chi connectivity index (χ0) is 28.5. The second kappa shape index (κ2) is 10.6. The molecule has 1 aromatic carbocycles. The van der Waals surface area contributed by atoms with E-state index in [2.05, 4.69) is 30.1 Å². The number of nitrogens with zero attached hydrogens (tertiary/aromatic N) is 4. The lowest BCUT2D eigenvalue weighted by Gasteiger charge is -2.39. The Kier molecular flexibility index (Phi) is 7.61. The van der Waals surface area contributed by atoms with Crippen LogP contribution in [0.5, 0.6) is 17.2 Å². The number of fused-ring (bicyclic) bond motifs is 1. The Morgan fingerprint density at radius 2 is 1.79 bits per heavy atom. The zero-order valence-electron chi connectivity index (χ0n) is 21.5. The van der Waals surface area contributed by atoms with E-state index in [1.807, 2.05) is 6.92 Å². The molecule has 0 bridgehead atoms. The van der Waals surface area contributed by atoms with Gasteiger partial charge in [0.25, 0.3) is 5.91 Å². The van der Waals surface area contributed by atoms with Crippen molar-refractivity contribution in [1.82, 2.24) is 15.0 Å². The van der Waals surface area contributed by atoms with Gasteiger partial charge in [-0.1, -0.05) is 0 Å². The first kappa shape index (κ1) is 28.0. The number of phosphoric acid groups is 1. The van der Waals surface area contributed by atoms with E-state index in [9.17, 15) is 23.5 Å². The van der Waals surface area contributed by atoms with Gasteiger partial charge in [-0.15, -0.1) is 0 Å². The molecule has 1 aliphatic heterocycles. The highest BCUT2D eigenvalue weighted by Gasteiger charge is 2.42. The van der Waals surface area contributed by atoms with Crippen LogP contribution in [0, 0.1) is 12.7 Å². The van der Waals surface area contributed by atoms with Crippen molar-refractivity contribution in [3.8, 4) is 17.2 Å². The van der Waals surface area contributed by atoms with E-state index in [1.165, 1.54) is 40.2 Å². The maximum Gasteiger partial charge on any atom is 0.273 e. The first-order chi connectivity index (χ1) is 18.3. The molecule has 0 saturated heterocycles. The fourth-order valence-electron chi connectivity index (χ4n) is 3.69. The molecule has 2 N–H and O–H groups in total. The molecule has 208 valence electrons. The average Bonchev–Trinajstić information content (AvgIpc) is 2.86. The van der Waals surface area contributed by atoms with Gasteiger partial charge in [0.2, 0.25) is 5.95 Å². The maximum absolute atomic E-state index is 14.6. The number of carbonyl (C=O) groups is 1. The van der Waals surface area contributed by atoms with Crippen LogP contribution in [0.15, 0.2) is 30.5 Å². The zero-order valence-corrected chi connectivity index (χ0v) is 22.4. The maximum atomic E-state index is 14.6. The van der Waals surface area contributed by atoms with Gasteiger partial charge >= 0.3 is 0 Å². The fourth-order valence-corrected chi connectivity index (χ4v) is 3.95. The van der Waals surface area contributed by atoms with Crippen molar-refractivity contribution in [2.75, 3.05) is 36.5 Å². The van der Waals surface area contributed by atoms with Crippen LogP contribution in [0.3, 0.4) is 0 Å². The number of halogens is 1. The van der Waals surface area contributed by atoms with Crippen LogP contribution >= 0.6 is 7.82 Å². The highest BCUT2D eigenvalue weighted by Crippen LogP contribution is 2.39. The minimum absolute atomic E-state index is 0.0181. The summed E-state index contributed by atoms with van der Waals surface area (Å²) >= 11 is 0. The molecular formula is C23H24FN6O8P-2. The Balaban J connectivity index is 1.62. The Morgan fingerprint density at radius 3 is 2.41 bits per heavy atom. The molecule has 0 fully saturated rings. The van der Waals surface area contributed by atoms with Crippen molar-refractivity contribution in [3.63, 3.8) is 0 Å². The summed E-state index contributed by atoms with van der Waals surface area (Å²) in [5, 5.41) is 5.64. The van der Waals surface area contributed by atoms with E-state index in [0.29, 0.717) is 17.2 Å². The van der Waals surface area contributed by atoms with Crippen LogP contribution in [-0.2, 0) is 13.9 Å². The lowest BCUT2D eigenvalue weighted by molar-refractivity contribution is -0.341. The van der Waals surface area contributed by atoms with Gasteiger partial charge in [-0.05, 0) is 32.9 Å². The van der Waals surface area contributed by atoms with E-state index in [1.54, 1.807) is 12.1 Å². The Morgan fingerprint density at radius 1 is 1.13 bits per heavy atom. The fraction of sp³-hybridized carbons (Fsp3) is 0.304. The minimum Gasteiger partial charge on any atom is -0.790 e. The number of aromatic nitrogens is 3. The largest absolute Gasteiger partial charge is 0.790 e.